The van der Waals surface area contributed by atoms with Gasteiger partial charge in [-0.05, 0) is 6.92 Å². The Morgan fingerprint density at radius 3 is 2.66 bits per heavy atom. The molecule has 2 fully saturated rings. The summed E-state index contributed by atoms with van der Waals surface area (Å²) in [7, 11) is 0. The summed E-state index contributed by atoms with van der Waals surface area (Å²) in [4.78, 5) is 44.0. The number of fused-ring (bicyclic) bond motifs is 1. The number of nitrogens with two attached hydrogens (primary N) is 1. The maximum Gasteiger partial charge on any atom is 1.00 e. The summed E-state index contributed by atoms with van der Waals surface area (Å²) in [5, 5.41) is 22.4. The number of nitrogens with zero attached hydrogens (tertiary/aromatic N) is 5. The van der Waals surface area contributed by atoms with Gasteiger partial charge in [0.05, 0.1) is 11.4 Å². The van der Waals surface area contributed by atoms with Crippen molar-refractivity contribution >= 4 is 63.2 Å². The van der Waals surface area contributed by atoms with Gasteiger partial charge in [0, 0.05) is 24.6 Å². The molecule has 0 saturated carbocycles. The van der Waals surface area contributed by atoms with Gasteiger partial charge in [0.2, 0.25) is 11.8 Å². The second kappa shape index (κ2) is 8.12. The molecule has 2 unspecified atom stereocenters. The van der Waals surface area contributed by atoms with Gasteiger partial charge < -0.3 is 20.5 Å². The molecule has 0 aliphatic carbocycles. The number of anilines is 2. The maximum atomic E-state index is 12.9. The topological polar surface area (TPSA) is 145 Å². The van der Waals surface area contributed by atoms with E-state index in [1.54, 1.807) is 12.3 Å². The Hall–Kier alpha value is -1.25. The first-order chi connectivity index (χ1) is 13.2. The van der Waals surface area contributed by atoms with Gasteiger partial charge in [-0.25, -0.2) is 4.98 Å². The van der Waals surface area contributed by atoms with Crippen molar-refractivity contribution in [1.29, 1.82) is 0 Å². The van der Waals surface area contributed by atoms with Crippen LogP contribution in [0.15, 0.2) is 5.38 Å². The van der Waals surface area contributed by atoms with Gasteiger partial charge in [0.25, 0.3) is 0 Å². The number of aliphatic carboxylic acids is 1. The SMILES string of the molecule is CC(=O)N(c1csc(N)n1)C1C(=O)N2CC(C(=O)[O-])(c3nnc(C)s3)CS[C@H]12.[Na+]. The number of hydrogen-bond donors (Lipinski definition) is 1. The Kier molecular flexibility index (Phi) is 6.28. The van der Waals surface area contributed by atoms with Crippen LogP contribution < -0.4 is 45.3 Å². The van der Waals surface area contributed by atoms with Crippen molar-refractivity contribution in [3.63, 3.8) is 0 Å². The number of aromatic nitrogens is 3. The van der Waals surface area contributed by atoms with E-state index < -0.39 is 17.4 Å². The molecule has 29 heavy (non-hydrogen) atoms. The third kappa shape index (κ3) is 3.57. The number of carbonyl (C=O) groups is 3. The van der Waals surface area contributed by atoms with Crippen molar-refractivity contribution in [3.8, 4) is 0 Å². The normalized spacial score (nSPS) is 25.6. The fourth-order valence-electron chi connectivity index (χ4n) is 3.38. The van der Waals surface area contributed by atoms with Crippen molar-refractivity contribution < 1.29 is 49.0 Å². The first-order valence-electron chi connectivity index (χ1n) is 8.19. The molecule has 4 rings (SSSR count). The van der Waals surface area contributed by atoms with Crippen molar-refractivity contribution in [2.24, 2.45) is 0 Å². The minimum Gasteiger partial charge on any atom is -0.549 e. The molecule has 0 aromatic carbocycles. The third-order valence-corrected chi connectivity index (χ3v) is 7.97. The van der Waals surface area contributed by atoms with E-state index >= 15 is 0 Å². The Balaban J connectivity index is 0.00000240. The van der Waals surface area contributed by atoms with Crippen LogP contribution in [0.4, 0.5) is 10.9 Å². The van der Waals surface area contributed by atoms with E-state index in [0.717, 1.165) is 0 Å². The average molecular weight is 463 g/mol. The van der Waals surface area contributed by atoms with Crippen molar-refractivity contribution in [3.05, 3.63) is 15.4 Å². The standard InChI is InChI=1S/C15H16N6O4S3.Na/c1-6-18-19-12(28-6)15(13(24)25)4-20-10(23)9(11(20)27-5-15)21(7(2)22)8-3-26-14(16)17-8;/h3,9,11H,4-5H2,1-2H3,(H2,16,17)(H,24,25);/q;+1/p-1/t9?,11-,15?;/m1./s1. The van der Waals surface area contributed by atoms with E-state index in [0.29, 0.717) is 21.0 Å². The smallest absolute Gasteiger partial charge is 0.549 e. The van der Waals surface area contributed by atoms with Crippen LogP contribution in [0.2, 0.25) is 0 Å². The van der Waals surface area contributed by atoms with Crippen LogP contribution in [-0.4, -0.2) is 61.6 Å². The number of aryl methyl sites for hydroxylation is 1. The molecule has 148 valence electrons. The largest absolute Gasteiger partial charge is 1.00 e. The predicted octanol–water partition coefficient (Wildman–Crippen LogP) is -3.79. The molecule has 10 nitrogen and oxygen atoms in total. The van der Waals surface area contributed by atoms with Crippen molar-refractivity contribution in [2.45, 2.75) is 30.7 Å². The molecule has 2 saturated heterocycles. The van der Waals surface area contributed by atoms with Crippen LogP contribution in [0.25, 0.3) is 0 Å². The number of hydrogen-bond acceptors (Lipinski definition) is 11. The summed E-state index contributed by atoms with van der Waals surface area (Å²) in [6.07, 6.45) is 0. The first-order valence-corrected chi connectivity index (χ1v) is 10.9. The Morgan fingerprint density at radius 2 is 2.14 bits per heavy atom. The quantitative estimate of drug-likeness (QED) is 0.357. The zero-order valence-corrected chi connectivity index (χ0v) is 20.3. The van der Waals surface area contributed by atoms with Crippen LogP contribution >= 0.6 is 34.4 Å². The van der Waals surface area contributed by atoms with Gasteiger partial charge in [0.1, 0.15) is 27.2 Å². The van der Waals surface area contributed by atoms with Crippen LogP contribution in [-0.2, 0) is 19.8 Å². The molecular formula is C15H15N6NaO4S3. The molecule has 2 N–H and O–H groups in total. The Bertz CT molecular complexity index is 983. The monoisotopic (exact) mass is 462 g/mol. The minimum atomic E-state index is -1.42. The molecule has 2 aliphatic rings. The Labute approximate surface area is 200 Å². The van der Waals surface area contributed by atoms with Crippen LogP contribution in [0.3, 0.4) is 0 Å². The van der Waals surface area contributed by atoms with E-state index in [1.165, 1.54) is 51.2 Å². The zero-order valence-electron chi connectivity index (χ0n) is 15.8. The molecule has 3 atom stereocenters. The number of carboxylic acid groups (broad SMARTS) is 1. The number of thiazole rings is 1. The molecular weight excluding hydrogens is 447 g/mol. The van der Waals surface area contributed by atoms with E-state index in [2.05, 4.69) is 15.2 Å². The molecule has 2 aromatic heterocycles. The van der Waals surface area contributed by atoms with E-state index in [4.69, 9.17) is 5.73 Å². The second-order valence-electron chi connectivity index (χ2n) is 6.54. The molecule has 4 heterocycles. The number of carboxylic acids is 1. The molecule has 0 spiro atoms. The fourth-order valence-corrected chi connectivity index (χ4v) is 6.44. The van der Waals surface area contributed by atoms with Crippen LogP contribution in [0.5, 0.6) is 0 Å². The minimum absolute atomic E-state index is 0. The summed E-state index contributed by atoms with van der Waals surface area (Å²) in [6, 6.07) is -0.750. The summed E-state index contributed by atoms with van der Waals surface area (Å²) >= 11 is 3.64. The number of β-lactam (4-membered cyclic amide) rings is 1. The second-order valence-corrected chi connectivity index (χ2v) is 9.72. The van der Waals surface area contributed by atoms with Crippen molar-refractivity contribution in [2.75, 3.05) is 22.9 Å². The summed E-state index contributed by atoms with van der Waals surface area (Å²) in [6.45, 7) is 3.02. The van der Waals surface area contributed by atoms with Crippen LogP contribution in [0.1, 0.15) is 16.9 Å². The van der Waals surface area contributed by atoms with Crippen molar-refractivity contribution in [1.82, 2.24) is 20.1 Å². The first kappa shape index (κ1) is 22.4. The third-order valence-electron chi connectivity index (χ3n) is 4.75. The molecule has 0 bridgehead atoms. The molecule has 2 aliphatic heterocycles. The molecule has 0 radical (unpaired) electrons. The van der Waals surface area contributed by atoms with Gasteiger partial charge in [-0.1, -0.05) is 0 Å². The number of amides is 2. The summed E-state index contributed by atoms with van der Waals surface area (Å²) in [5.74, 6) is -1.47. The van der Waals surface area contributed by atoms with E-state index in [9.17, 15) is 19.5 Å². The van der Waals surface area contributed by atoms with E-state index in [-0.39, 0.29) is 59.0 Å². The number of carbonyl (C=O) groups excluding carboxylic acids is 3. The van der Waals surface area contributed by atoms with Gasteiger partial charge >= 0.3 is 29.6 Å². The molecule has 2 aromatic rings. The van der Waals surface area contributed by atoms with Crippen LogP contribution in [0, 0.1) is 6.92 Å². The summed E-state index contributed by atoms with van der Waals surface area (Å²) < 4.78 is 0. The van der Waals surface area contributed by atoms with E-state index in [1.807, 2.05) is 0 Å². The molecule has 2 amide bonds. The average Bonchev–Trinajstić information content (AvgIpc) is 3.26. The number of rotatable bonds is 4. The van der Waals surface area contributed by atoms with Gasteiger partial charge in [-0.3, -0.25) is 14.5 Å². The predicted molar refractivity (Wildman–Crippen MR) is 103 cm³/mol. The number of thioether (sulfide) groups is 1. The Morgan fingerprint density at radius 1 is 1.41 bits per heavy atom. The summed E-state index contributed by atoms with van der Waals surface area (Å²) in [5.41, 5.74) is 4.25. The number of nitrogen functional groups attached to an aromatic ring is 1. The zero-order chi connectivity index (χ0) is 20.2. The van der Waals surface area contributed by atoms with Gasteiger partial charge in [0.15, 0.2) is 5.13 Å². The van der Waals surface area contributed by atoms with Gasteiger partial charge in [-0.2, -0.15) is 0 Å². The van der Waals surface area contributed by atoms with Gasteiger partial charge in [-0.15, -0.1) is 44.6 Å². The molecule has 14 heteroatoms. The maximum absolute atomic E-state index is 12.9. The fraction of sp³-hybridized carbons (Fsp3) is 0.467.